The first-order valence-corrected chi connectivity index (χ1v) is 4.28. The van der Waals surface area contributed by atoms with Gasteiger partial charge in [0, 0.05) is 6.07 Å². The molecular formula is C9H8N2O4. The molecule has 0 unspecified atom stereocenters. The second-order valence-electron chi connectivity index (χ2n) is 3.22. The van der Waals surface area contributed by atoms with Crippen LogP contribution in [0, 0.1) is 6.92 Å². The van der Waals surface area contributed by atoms with Crippen molar-refractivity contribution in [3.8, 4) is 0 Å². The van der Waals surface area contributed by atoms with Crippen molar-refractivity contribution in [3.63, 3.8) is 0 Å². The Kier molecular flexibility index (Phi) is 2.03. The third-order valence-corrected chi connectivity index (χ3v) is 2.04. The summed E-state index contributed by atoms with van der Waals surface area (Å²) in [5.74, 6) is -1.20. The van der Waals surface area contributed by atoms with Crippen molar-refractivity contribution in [2.45, 2.75) is 13.3 Å². The van der Waals surface area contributed by atoms with Gasteiger partial charge >= 0.3 is 5.97 Å². The van der Waals surface area contributed by atoms with E-state index in [2.05, 4.69) is 10.5 Å². The average molecular weight is 208 g/mol. The first-order valence-electron chi connectivity index (χ1n) is 4.28. The van der Waals surface area contributed by atoms with Crippen LogP contribution in [0.5, 0.6) is 0 Å². The standard InChI is InChI=1S/C9H8N2O4/c1-4-2-6(15-11-4)8-5(9(13)14)3-7(12)10-8/h2H,3H2,1H3,(H,10,12)(H,13,14). The van der Waals surface area contributed by atoms with Crippen LogP contribution >= 0.6 is 0 Å². The van der Waals surface area contributed by atoms with E-state index >= 15 is 0 Å². The van der Waals surface area contributed by atoms with Crippen LogP contribution in [0.2, 0.25) is 0 Å². The van der Waals surface area contributed by atoms with Crippen molar-refractivity contribution in [2.24, 2.45) is 0 Å². The number of amides is 1. The second kappa shape index (κ2) is 3.23. The van der Waals surface area contributed by atoms with Gasteiger partial charge < -0.3 is 14.9 Å². The summed E-state index contributed by atoms with van der Waals surface area (Å²) < 4.78 is 4.89. The quantitative estimate of drug-likeness (QED) is 0.729. The molecule has 15 heavy (non-hydrogen) atoms. The predicted molar refractivity (Wildman–Crippen MR) is 48.6 cm³/mol. The molecule has 0 radical (unpaired) electrons. The fourth-order valence-electron chi connectivity index (χ4n) is 1.38. The number of hydrogen-bond donors (Lipinski definition) is 2. The van der Waals surface area contributed by atoms with Gasteiger partial charge in [0.25, 0.3) is 0 Å². The van der Waals surface area contributed by atoms with Crippen LogP contribution in [-0.4, -0.2) is 22.1 Å². The number of aromatic nitrogens is 1. The minimum absolute atomic E-state index is 0.0103. The predicted octanol–water partition coefficient (Wildman–Crippen LogP) is 0.299. The molecule has 1 aliphatic heterocycles. The van der Waals surface area contributed by atoms with Crippen LogP contribution < -0.4 is 5.32 Å². The number of aryl methyl sites for hydroxylation is 1. The van der Waals surface area contributed by atoms with E-state index in [1.807, 2.05) is 0 Å². The first kappa shape index (κ1) is 9.45. The minimum Gasteiger partial charge on any atom is -0.478 e. The Hall–Kier alpha value is -2.11. The van der Waals surface area contributed by atoms with E-state index in [-0.39, 0.29) is 29.4 Å². The van der Waals surface area contributed by atoms with Gasteiger partial charge in [-0.2, -0.15) is 0 Å². The average Bonchev–Trinajstić information content (AvgIpc) is 2.71. The number of nitrogens with one attached hydrogen (secondary N) is 1. The zero-order valence-electron chi connectivity index (χ0n) is 7.90. The molecular weight excluding hydrogens is 200 g/mol. The lowest BCUT2D eigenvalue weighted by molar-refractivity contribution is -0.133. The lowest BCUT2D eigenvalue weighted by Crippen LogP contribution is -2.13. The van der Waals surface area contributed by atoms with Crippen LogP contribution in [0.15, 0.2) is 16.2 Å². The Morgan fingerprint density at radius 1 is 1.67 bits per heavy atom. The number of hydrogen-bond acceptors (Lipinski definition) is 4. The van der Waals surface area contributed by atoms with Crippen LogP contribution in [0.3, 0.4) is 0 Å². The summed E-state index contributed by atoms with van der Waals surface area (Å²) in [4.78, 5) is 21.9. The lowest BCUT2D eigenvalue weighted by atomic mass is 10.1. The van der Waals surface area contributed by atoms with Gasteiger partial charge in [0.15, 0.2) is 5.76 Å². The minimum atomic E-state index is -1.13. The Morgan fingerprint density at radius 3 is 2.93 bits per heavy atom. The molecule has 6 heteroatoms. The van der Waals surface area contributed by atoms with Gasteiger partial charge in [-0.25, -0.2) is 4.79 Å². The molecule has 1 amide bonds. The molecule has 0 atom stereocenters. The molecule has 0 saturated heterocycles. The molecule has 0 saturated carbocycles. The first-order chi connectivity index (χ1) is 7.08. The fraction of sp³-hybridized carbons (Fsp3) is 0.222. The number of carbonyl (C=O) groups is 2. The maximum atomic E-state index is 11.1. The van der Waals surface area contributed by atoms with Crippen molar-refractivity contribution in [2.75, 3.05) is 0 Å². The maximum Gasteiger partial charge on any atom is 0.334 e. The SMILES string of the molecule is Cc1cc(C2=C(C(=O)O)CC(=O)N2)on1. The van der Waals surface area contributed by atoms with Crippen LogP contribution in [0.4, 0.5) is 0 Å². The number of carboxylic acids is 1. The number of nitrogens with zero attached hydrogens (tertiary/aromatic N) is 1. The molecule has 0 spiro atoms. The molecule has 0 aliphatic carbocycles. The molecule has 1 aromatic heterocycles. The maximum absolute atomic E-state index is 11.1. The molecule has 1 aromatic rings. The smallest absolute Gasteiger partial charge is 0.334 e. The number of aliphatic carboxylic acids is 1. The van der Waals surface area contributed by atoms with Gasteiger partial charge in [0.2, 0.25) is 5.91 Å². The van der Waals surface area contributed by atoms with E-state index in [0.717, 1.165) is 0 Å². The Bertz CT molecular complexity index is 472. The molecule has 2 N–H and O–H groups in total. The highest BCUT2D eigenvalue weighted by Crippen LogP contribution is 2.24. The molecule has 0 bridgehead atoms. The van der Waals surface area contributed by atoms with E-state index < -0.39 is 5.97 Å². The monoisotopic (exact) mass is 208 g/mol. The van der Waals surface area contributed by atoms with Crippen molar-refractivity contribution in [1.29, 1.82) is 0 Å². The highest BCUT2D eigenvalue weighted by molar-refractivity contribution is 6.08. The van der Waals surface area contributed by atoms with E-state index in [1.165, 1.54) is 0 Å². The Morgan fingerprint density at radius 2 is 2.40 bits per heavy atom. The summed E-state index contributed by atoms with van der Waals surface area (Å²) in [5, 5.41) is 14.9. The summed E-state index contributed by atoms with van der Waals surface area (Å²) in [7, 11) is 0. The fourth-order valence-corrected chi connectivity index (χ4v) is 1.38. The summed E-state index contributed by atoms with van der Waals surface area (Å²) in [6.45, 7) is 1.71. The van der Waals surface area contributed by atoms with Crippen molar-refractivity contribution >= 4 is 17.6 Å². The third kappa shape index (κ3) is 1.61. The number of carboxylic acid groups (broad SMARTS) is 1. The van der Waals surface area contributed by atoms with Gasteiger partial charge in [-0.05, 0) is 6.92 Å². The van der Waals surface area contributed by atoms with E-state index in [0.29, 0.717) is 5.69 Å². The number of rotatable bonds is 2. The highest BCUT2D eigenvalue weighted by atomic mass is 16.5. The van der Waals surface area contributed by atoms with Crippen LogP contribution in [-0.2, 0) is 9.59 Å². The molecule has 6 nitrogen and oxygen atoms in total. The Labute approximate surface area is 84.6 Å². The molecule has 1 aliphatic rings. The zero-order valence-corrected chi connectivity index (χ0v) is 7.90. The van der Waals surface area contributed by atoms with E-state index in [9.17, 15) is 9.59 Å². The van der Waals surface area contributed by atoms with Gasteiger partial charge in [-0.15, -0.1) is 0 Å². The zero-order chi connectivity index (χ0) is 11.0. The number of carbonyl (C=O) groups excluding carboxylic acids is 1. The topological polar surface area (TPSA) is 92.4 Å². The summed E-state index contributed by atoms with van der Waals surface area (Å²) in [5.41, 5.74) is 0.840. The molecule has 2 heterocycles. The molecule has 78 valence electrons. The van der Waals surface area contributed by atoms with Gasteiger partial charge in [0.1, 0.15) is 0 Å². The van der Waals surface area contributed by atoms with Crippen molar-refractivity contribution in [1.82, 2.24) is 10.5 Å². The Balaban J connectivity index is 2.45. The van der Waals surface area contributed by atoms with Crippen molar-refractivity contribution < 1.29 is 19.2 Å². The summed E-state index contributed by atoms with van der Waals surface area (Å²) in [6, 6.07) is 1.57. The molecule has 0 fully saturated rings. The summed E-state index contributed by atoms with van der Waals surface area (Å²) >= 11 is 0. The molecule has 2 rings (SSSR count). The van der Waals surface area contributed by atoms with E-state index in [4.69, 9.17) is 9.63 Å². The van der Waals surface area contributed by atoms with Crippen molar-refractivity contribution in [3.05, 3.63) is 23.1 Å². The van der Waals surface area contributed by atoms with Gasteiger partial charge in [-0.1, -0.05) is 5.16 Å². The van der Waals surface area contributed by atoms with Crippen LogP contribution in [0.1, 0.15) is 17.9 Å². The second-order valence-corrected chi connectivity index (χ2v) is 3.22. The normalized spacial score (nSPS) is 15.7. The van der Waals surface area contributed by atoms with E-state index in [1.54, 1.807) is 13.0 Å². The van der Waals surface area contributed by atoms with Gasteiger partial charge in [0.05, 0.1) is 23.4 Å². The largest absolute Gasteiger partial charge is 0.478 e. The molecule has 0 aromatic carbocycles. The van der Waals surface area contributed by atoms with Gasteiger partial charge in [-0.3, -0.25) is 4.79 Å². The third-order valence-electron chi connectivity index (χ3n) is 2.04. The summed E-state index contributed by atoms with van der Waals surface area (Å²) in [6.07, 6.45) is -0.135. The highest BCUT2D eigenvalue weighted by Gasteiger charge is 2.29. The van der Waals surface area contributed by atoms with Crippen LogP contribution in [0.25, 0.3) is 5.70 Å². The lowest BCUT2D eigenvalue weighted by Gasteiger charge is -1.97.